The quantitative estimate of drug-likeness (QED) is 0.780. The Morgan fingerprint density at radius 2 is 1.87 bits per heavy atom. The molecule has 4 heteroatoms. The van der Waals surface area contributed by atoms with E-state index in [4.69, 9.17) is 4.74 Å². The molecule has 4 saturated carbocycles. The first-order chi connectivity index (χ1) is 10.5. The molecule has 0 aliphatic heterocycles. The van der Waals surface area contributed by atoms with Crippen LogP contribution < -0.4 is 0 Å². The van der Waals surface area contributed by atoms with Crippen LogP contribution in [0.3, 0.4) is 0 Å². The lowest BCUT2D eigenvalue weighted by molar-refractivity contribution is -0.303. The Bertz CT molecular complexity index is 513. The molecule has 132 valence electrons. The summed E-state index contributed by atoms with van der Waals surface area (Å²) >= 11 is 0. The highest BCUT2D eigenvalue weighted by Crippen LogP contribution is 2.65. The van der Waals surface area contributed by atoms with Gasteiger partial charge < -0.3 is 14.9 Å². The van der Waals surface area contributed by atoms with Crippen LogP contribution in [0, 0.1) is 23.2 Å². The first-order valence-electron chi connectivity index (χ1n) is 9.14. The second kappa shape index (κ2) is 4.95. The standard InChI is InChI=1S/C19H32O4/c1-6-16(4,5)15(20)23-19-9-13-7-17(21,11-19)10-18(22,8-13)14(19)12(2)3/h12-14,21-22H,6-11H2,1-5H3. The Labute approximate surface area is 139 Å². The molecule has 4 rings (SSSR count). The summed E-state index contributed by atoms with van der Waals surface area (Å²) in [5.74, 6) is 0.171. The highest BCUT2D eigenvalue weighted by atomic mass is 16.6. The third-order valence-electron chi connectivity index (χ3n) is 6.75. The molecule has 4 aliphatic carbocycles. The fourth-order valence-corrected chi connectivity index (χ4v) is 6.02. The zero-order chi connectivity index (χ0) is 17.3. The minimum absolute atomic E-state index is 0.0940. The Hall–Kier alpha value is -0.610. The van der Waals surface area contributed by atoms with Crippen LogP contribution in [0.4, 0.5) is 0 Å². The van der Waals surface area contributed by atoms with E-state index in [2.05, 4.69) is 13.8 Å². The van der Waals surface area contributed by atoms with Crippen molar-refractivity contribution in [2.75, 3.05) is 0 Å². The van der Waals surface area contributed by atoms with Gasteiger partial charge in [0, 0.05) is 18.8 Å². The van der Waals surface area contributed by atoms with E-state index in [0.717, 1.165) is 19.3 Å². The first-order valence-corrected chi connectivity index (χ1v) is 9.14. The van der Waals surface area contributed by atoms with E-state index in [1.807, 2.05) is 20.8 Å². The lowest BCUT2D eigenvalue weighted by Crippen LogP contribution is -2.73. The molecule has 4 bridgehead atoms. The fourth-order valence-electron chi connectivity index (χ4n) is 6.02. The van der Waals surface area contributed by atoms with Gasteiger partial charge in [-0.25, -0.2) is 0 Å². The van der Waals surface area contributed by atoms with Crippen molar-refractivity contribution < 1.29 is 19.7 Å². The van der Waals surface area contributed by atoms with Crippen LogP contribution in [0.15, 0.2) is 0 Å². The Balaban J connectivity index is 1.99. The van der Waals surface area contributed by atoms with Crippen molar-refractivity contribution in [2.24, 2.45) is 23.2 Å². The Kier molecular flexibility index (Phi) is 3.71. The molecule has 23 heavy (non-hydrogen) atoms. The van der Waals surface area contributed by atoms with Crippen LogP contribution in [-0.2, 0) is 9.53 Å². The average Bonchev–Trinajstić information content (AvgIpc) is 2.33. The van der Waals surface area contributed by atoms with Gasteiger partial charge in [-0.15, -0.1) is 0 Å². The summed E-state index contributed by atoms with van der Waals surface area (Å²) < 4.78 is 6.15. The molecular formula is C19H32O4. The van der Waals surface area contributed by atoms with E-state index in [9.17, 15) is 15.0 Å². The van der Waals surface area contributed by atoms with Crippen LogP contribution in [0.2, 0.25) is 0 Å². The van der Waals surface area contributed by atoms with Crippen molar-refractivity contribution >= 4 is 5.97 Å². The normalized spacial score (nSPS) is 45.6. The molecule has 0 spiro atoms. The van der Waals surface area contributed by atoms with Gasteiger partial charge in [-0.3, -0.25) is 4.79 Å². The molecule has 5 atom stereocenters. The molecule has 0 aromatic heterocycles. The summed E-state index contributed by atoms with van der Waals surface area (Å²) in [6.07, 6.45) is 3.87. The molecule has 0 aromatic rings. The third kappa shape index (κ3) is 2.53. The third-order valence-corrected chi connectivity index (χ3v) is 6.75. The van der Waals surface area contributed by atoms with E-state index in [1.165, 1.54) is 0 Å². The number of rotatable bonds is 4. The van der Waals surface area contributed by atoms with E-state index < -0.39 is 22.2 Å². The number of aliphatic hydroxyl groups is 2. The van der Waals surface area contributed by atoms with E-state index >= 15 is 0 Å². The minimum Gasteiger partial charge on any atom is -0.458 e. The Morgan fingerprint density at radius 3 is 2.39 bits per heavy atom. The molecule has 0 saturated heterocycles. The van der Waals surface area contributed by atoms with Gasteiger partial charge in [-0.1, -0.05) is 20.8 Å². The fraction of sp³-hybridized carbons (Fsp3) is 0.947. The zero-order valence-corrected chi connectivity index (χ0v) is 15.2. The smallest absolute Gasteiger partial charge is 0.312 e. The van der Waals surface area contributed by atoms with Crippen molar-refractivity contribution in [3.63, 3.8) is 0 Å². The van der Waals surface area contributed by atoms with Crippen LogP contribution in [-0.4, -0.2) is 33.0 Å². The molecule has 4 nitrogen and oxygen atoms in total. The van der Waals surface area contributed by atoms with E-state index in [1.54, 1.807) is 0 Å². The van der Waals surface area contributed by atoms with E-state index in [-0.39, 0.29) is 23.7 Å². The molecule has 0 amide bonds. The maximum atomic E-state index is 12.8. The molecule has 0 aromatic carbocycles. The van der Waals surface area contributed by atoms with E-state index in [0.29, 0.717) is 19.3 Å². The second-order valence-corrected chi connectivity index (χ2v) is 9.57. The van der Waals surface area contributed by atoms with Crippen LogP contribution in [0.25, 0.3) is 0 Å². The second-order valence-electron chi connectivity index (χ2n) is 9.57. The number of hydrogen-bond acceptors (Lipinski definition) is 4. The van der Waals surface area contributed by atoms with Crippen molar-refractivity contribution in [2.45, 2.75) is 89.9 Å². The summed E-state index contributed by atoms with van der Waals surface area (Å²) in [7, 11) is 0. The maximum Gasteiger partial charge on any atom is 0.312 e. The monoisotopic (exact) mass is 324 g/mol. The lowest BCUT2D eigenvalue weighted by Gasteiger charge is -2.67. The molecule has 2 N–H and O–H groups in total. The van der Waals surface area contributed by atoms with Crippen molar-refractivity contribution in [1.29, 1.82) is 0 Å². The van der Waals surface area contributed by atoms with Crippen LogP contribution in [0.1, 0.15) is 73.1 Å². The molecule has 4 aliphatic rings. The number of esters is 1. The first kappa shape index (κ1) is 17.2. The zero-order valence-electron chi connectivity index (χ0n) is 15.2. The molecule has 4 fully saturated rings. The SMILES string of the molecule is CCC(C)(C)C(=O)OC12CC3CC(O)(CC(O)(C3)C1C(C)C)C2. The summed E-state index contributed by atoms with van der Waals surface area (Å²) in [4.78, 5) is 12.8. The largest absolute Gasteiger partial charge is 0.458 e. The van der Waals surface area contributed by atoms with Crippen LogP contribution >= 0.6 is 0 Å². The maximum absolute atomic E-state index is 12.8. The molecule has 0 heterocycles. The van der Waals surface area contributed by atoms with Gasteiger partial charge in [0.2, 0.25) is 0 Å². The van der Waals surface area contributed by atoms with Crippen molar-refractivity contribution in [3.05, 3.63) is 0 Å². The summed E-state index contributed by atoms with van der Waals surface area (Å²) in [5.41, 5.74) is -3.02. The van der Waals surface area contributed by atoms with Crippen molar-refractivity contribution in [1.82, 2.24) is 0 Å². The highest BCUT2D eigenvalue weighted by Gasteiger charge is 2.70. The Morgan fingerprint density at radius 1 is 1.22 bits per heavy atom. The van der Waals surface area contributed by atoms with Crippen molar-refractivity contribution in [3.8, 4) is 0 Å². The molecular weight excluding hydrogens is 292 g/mol. The summed E-state index contributed by atoms with van der Waals surface area (Å²) in [6, 6.07) is 0. The summed E-state index contributed by atoms with van der Waals surface area (Å²) in [6.45, 7) is 9.99. The van der Waals surface area contributed by atoms with Gasteiger partial charge >= 0.3 is 5.97 Å². The lowest BCUT2D eigenvalue weighted by atomic mass is 9.44. The van der Waals surface area contributed by atoms with Gasteiger partial charge in [0.25, 0.3) is 0 Å². The van der Waals surface area contributed by atoms with Gasteiger partial charge in [0.05, 0.1) is 16.6 Å². The molecule has 0 radical (unpaired) electrons. The predicted octanol–water partition coefficient (Wildman–Crippen LogP) is 3.05. The van der Waals surface area contributed by atoms with Crippen LogP contribution in [0.5, 0.6) is 0 Å². The highest BCUT2D eigenvalue weighted by molar-refractivity contribution is 5.76. The number of hydrogen-bond donors (Lipinski definition) is 2. The summed E-state index contributed by atoms with van der Waals surface area (Å²) in [5, 5.41) is 22.2. The van der Waals surface area contributed by atoms with Gasteiger partial charge in [-0.2, -0.15) is 0 Å². The van der Waals surface area contributed by atoms with Gasteiger partial charge in [0.1, 0.15) is 5.60 Å². The molecule has 5 unspecified atom stereocenters. The minimum atomic E-state index is -0.904. The topological polar surface area (TPSA) is 66.8 Å². The number of carbonyl (C=O) groups excluding carboxylic acids is 1. The predicted molar refractivity (Wildman–Crippen MR) is 87.7 cm³/mol. The van der Waals surface area contributed by atoms with Gasteiger partial charge in [0.15, 0.2) is 0 Å². The average molecular weight is 324 g/mol. The number of carbonyl (C=O) groups is 1. The number of ether oxygens (including phenoxy) is 1. The van der Waals surface area contributed by atoms with Gasteiger partial charge in [-0.05, 0) is 51.4 Å².